The Labute approximate surface area is 136 Å². The Kier molecular flexibility index (Phi) is 5.69. The van der Waals surface area contributed by atoms with Crippen molar-refractivity contribution in [1.82, 2.24) is 4.98 Å². The summed E-state index contributed by atoms with van der Waals surface area (Å²) in [5.41, 5.74) is 0.0358. The first-order chi connectivity index (χ1) is 9.06. The molecular weight excluding hydrogens is 273 g/mol. The predicted octanol–water partition coefficient (Wildman–Crippen LogP) is -2.06. The first kappa shape index (κ1) is 16.2. The van der Waals surface area contributed by atoms with Crippen LogP contribution in [0.1, 0.15) is 20.7 Å². The van der Waals surface area contributed by atoms with Gasteiger partial charge >= 0.3 is 35.5 Å². The van der Waals surface area contributed by atoms with Gasteiger partial charge in [0, 0.05) is 11.8 Å². The van der Waals surface area contributed by atoms with E-state index in [1.54, 1.807) is 0 Å². The molecule has 0 aliphatic carbocycles. The van der Waals surface area contributed by atoms with Crippen LogP contribution in [0.5, 0.6) is 11.5 Å². The van der Waals surface area contributed by atoms with Crippen molar-refractivity contribution in [2.24, 2.45) is 0 Å². The fourth-order valence-corrected chi connectivity index (χ4v) is 1.39. The van der Waals surface area contributed by atoms with Gasteiger partial charge in [0.05, 0.1) is 17.7 Å². The summed E-state index contributed by atoms with van der Waals surface area (Å²) in [5, 5.41) is 19.4. The first-order valence-electron chi connectivity index (χ1n) is 5.24. The Morgan fingerprint density at radius 2 is 1.70 bits per heavy atom. The maximum Gasteiger partial charge on any atom is 1.00 e. The monoisotopic (exact) mass is 281 g/mol. The number of carbonyl (C=O) groups excluding carboxylic acids is 1. The number of carbonyl (C=O) groups is 2. The number of carboxylic acid groups (broad SMARTS) is 2. The van der Waals surface area contributed by atoms with Crippen LogP contribution in [0.4, 0.5) is 0 Å². The molecule has 0 amide bonds. The Hall–Kier alpha value is -1.89. The number of nitrogens with zero attached hydrogens (tertiary/aromatic N) is 1. The molecule has 1 aromatic heterocycles. The number of hydrogen-bond acceptors (Lipinski definition) is 5. The molecule has 1 heterocycles. The quantitative estimate of drug-likeness (QED) is 0.647. The molecule has 0 saturated heterocycles. The zero-order valence-corrected chi connectivity index (χ0v) is 12.6. The number of pyridine rings is 1. The summed E-state index contributed by atoms with van der Waals surface area (Å²) in [5.74, 6) is -1.78. The fourth-order valence-electron chi connectivity index (χ4n) is 1.39. The minimum absolute atomic E-state index is 0. The molecule has 2 rings (SSSR count). The largest absolute Gasteiger partial charge is 1.00 e. The maximum atomic E-state index is 10.7. The smallest absolute Gasteiger partial charge is 0.545 e. The molecule has 7 heteroatoms. The zero-order valence-electron chi connectivity index (χ0n) is 10.6. The molecule has 96 valence electrons. The van der Waals surface area contributed by atoms with Gasteiger partial charge < -0.3 is 19.7 Å². The third-order valence-electron chi connectivity index (χ3n) is 2.29. The number of rotatable bonds is 4. The molecule has 1 N–H and O–H groups in total. The van der Waals surface area contributed by atoms with Crippen molar-refractivity contribution < 1.29 is 54.1 Å². The van der Waals surface area contributed by atoms with Crippen molar-refractivity contribution in [3.05, 3.63) is 53.9 Å². The van der Waals surface area contributed by atoms with Crippen molar-refractivity contribution in [3.8, 4) is 11.5 Å². The number of aromatic carboxylic acids is 2. The average Bonchev–Trinajstić information content (AvgIpc) is 2.39. The van der Waals surface area contributed by atoms with Gasteiger partial charge in [0.2, 0.25) is 0 Å². The third-order valence-corrected chi connectivity index (χ3v) is 2.29. The molecule has 0 unspecified atom stereocenters. The topological polar surface area (TPSA) is 99.5 Å². The molecule has 0 spiro atoms. The van der Waals surface area contributed by atoms with Crippen LogP contribution in [-0.4, -0.2) is 22.0 Å². The fraction of sp³-hybridized carbons (Fsp3) is 0. The van der Waals surface area contributed by atoms with Crippen molar-refractivity contribution in [1.29, 1.82) is 0 Å². The minimum Gasteiger partial charge on any atom is -0.545 e. The summed E-state index contributed by atoms with van der Waals surface area (Å²) < 4.78 is 5.36. The number of carboxylic acids is 2. The summed E-state index contributed by atoms with van der Waals surface area (Å²) in [4.78, 5) is 25.0. The SMILES string of the molecule is O=C([O-])c1cncc(Oc2ccc(C(=O)O)cc2)c1.[Na+]. The summed E-state index contributed by atoms with van der Waals surface area (Å²) >= 11 is 0. The summed E-state index contributed by atoms with van der Waals surface area (Å²) in [6.07, 6.45) is 2.49. The summed E-state index contributed by atoms with van der Waals surface area (Å²) in [6.45, 7) is 0. The molecule has 0 bridgehead atoms. The predicted molar refractivity (Wildman–Crippen MR) is 62.0 cm³/mol. The van der Waals surface area contributed by atoms with Crippen LogP contribution in [0.2, 0.25) is 0 Å². The molecule has 6 nitrogen and oxygen atoms in total. The van der Waals surface area contributed by atoms with E-state index in [1.165, 1.54) is 36.5 Å². The van der Waals surface area contributed by atoms with E-state index in [-0.39, 0.29) is 46.4 Å². The second-order valence-corrected chi connectivity index (χ2v) is 3.63. The second-order valence-electron chi connectivity index (χ2n) is 3.63. The van der Waals surface area contributed by atoms with E-state index in [9.17, 15) is 14.7 Å². The second kappa shape index (κ2) is 7.04. The van der Waals surface area contributed by atoms with Gasteiger partial charge in [-0.1, -0.05) is 0 Å². The third kappa shape index (κ3) is 4.06. The summed E-state index contributed by atoms with van der Waals surface area (Å²) in [6, 6.07) is 6.97. The number of ether oxygens (including phenoxy) is 1. The van der Waals surface area contributed by atoms with Gasteiger partial charge in [-0.25, -0.2) is 4.79 Å². The molecule has 0 saturated carbocycles. The number of benzene rings is 1. The molecule has 0 fully saturated rings. The molecular formula is C13H8NNaO5. The van der Waals surface area contributed by atoms with E-state index >= 15 is 0 Å². The van der Waals surface area contributed by atoms with Gasteiger partial charge in [-0.3, -0.25) is 4.98 Å². The van der Waals surface area contributed by atoms with Crippen LogP contribution in [0.15, 0.2) is 42.7 Å². The van der Waals surface area contributed by atoms with E-state index in [4.69, 9.17) is 9.84 Å². The van der Waals surface area contributed by atoms with Gasteiger partial charge in [-0.15, -0.1) is 0 Å². The molecule has 0 radical (unpaired) electrons. The van der Waals surface area contributed by atoms with Crippen molar-refractivity contribution in [2.45, 2.75) is 0 Å². The first-order valence-corrected chi connectivity index (χ1v) is 5.24. The molecule has 1 aromatic carbocycles. The van der Waals surface area contributed by atoms with Crippen LogP contribution in [0.25, 0.3) is 0 Å². The maximum absolute atomic E-state index is 10.7. The Balaban J connectivity index is 0.00000200. The van der Waals surface area contributed by atoms with Crippen LogP contribution < -0.4 is 39.4 Å². The van der Waals surface area contributed by atoms with Crippen LogP contribution in [-0.2, 0) is 0 Å². The molecule has 0 aliphatic rings. The number of hydrogen-bond donors (Lipinski definition) is 1. The number of aromatic nitrogens is 1. The zero-order chi connectivity index (χ0) is 13.8. The van der Waals surface area contributed by atoms with Crippen LogP contribution >= 0.6 is 0 Å². The van der Waals surface area contributed by atoms with Crippen molar-refractivity contribution in [3.63, 3.8) is 0 Å². The average molecular weight is 281 g/mol. The molecule has 0 atom stereocenters. The van der Waals surface area contributed by atoms with Gasteiger partial charge in [0.25, 0.3) is 0 Å². The van der Waals surface area contributed by atoms with E-state index in [0.717, 1.165) is 6.20 Å². The van der Waals surface area contributed by atoms with Crippen LogP contribution in [0.3, 0.4) is 0 Å². The van der Waals surface area contributed by atoms with E-state index in [0.29, 0.717) is 5.75 Å². The Morgan fingerprint density at radius 1 is 1.05 bits per heavy atom. The normalized spacial score (nSPS) is 9.40. The van der Waals surface area contributed by atoms with Crippen molar-refractivity contribution >= 4 is 11.9 Å². The van der Waals surface area contributed by atoms with E-state index in [1.807, 2.05) is 0 Å². The van der Waals surface area contributed by atoms with Crippen molar-refractivity contribution in [2.75, 3.05) is 0 Å². The molecule has 20 heavy (non-hydrogen) atoms. The van der Waals surface area contributed by atoms with E-state index in [2.05, 4.69) is 4.98 Å². The Morgan fingerprint density at radius 3 is 2.25 bits per heavy atom. The summed E-state index contributed by atoms with van der Waals surface area (Å²) in [7, 11) is 0. The standard InChI is InChI=1S/C13H9NO5.Na/c15-12(16)8-1-3-10(4-2-8)19-11-5-9(13(17)18)6-14-7-11;/h1-7H,(H,15,16)(H,17,18);/q;+1/p-1. The van der Waals surface area contributed by atoms with E-state index < -0.39 is 11.9 Å². The van der Waals surface area contributed by atoms with Gasteiger partial charge in [-0.2, -0.15) is 0 Å². The molecule has 2 aromatic rings. The van der Waals surface area contributed by atoms with Gasteiger partial charge in [0.1, 0.15) is 11.5 Å². The molecule has 0 aliphatic heterocycles. The Bertz CT molecular complexity index is 627. The minimum atomic E-state index is -1.35. The van der Waals surface area contributed by atoms with Gasteiger partial charge in [-0.05, 0) is 30.3 Å². The van der Waals surface area contributed by atoms with Gasteiger partial charge in [0.15, 0.2) is 0 Å². The van der Waals surface area contributed by atoms with Crippen LogP contribution in [0, 0.1) is 0 Å².